The number of nitro benzene ring substituents is 1. The average Bonchev–Trinajstić information content (AvgIpc) is 3.44. The minimum Gasteiger partial charge on any atom is -0.379 e. The van der Waals surface area contributed by atoms with E-state index >= 15 is 0 Å². The quantitative estimate of drug-likeness (QED) is 0.292. The van der Waals surface area contributed by atoms with Crippen molar-refractivity contribution < 1.29 is 14.5 Å². The third-order valence-electron chi connectivity index (χ3n) is 5.75. The van der Waals surface area contributed by atoms with Crippen LogP contribution in [-0.2, 0) is 4.74 Å². The first-order valence-corrected chi connectivity index (χ1v) is 12.3. The van der Waals surface area contributed by atoms with Crippen LogP contribution in [0.4, 0.5) is 10.8 Å². The van der Waals surface area contributed by atoms with E-state index in [2.05, 4.69) is 4.90 Å². The molecular formula is C23H22N4O4S2. The summed E-state index contributed by atoms with van der Waals surface area (Å²) in [6.45, 7) is 6.32. The maximum atomic E-state index is 13.7. The first-order valence-electron chi connectivity index (χ1n) is 10.7. The molecule has 4 aromatic rings. The number of hydrogen-bond acceptors (Lipinski definition) is 8. The first-order chi connectivity index (χ1) is 16.0. The molecule has 170 valence electrons. The number of carbonyl (C=O) groups excluding carboxylic acids is 1. The van der Waals surface area contributed by atoms with Crippen LogP contribution in [0.15, 0.2) is 42.5 Å². The van der Waals surface area contributed by atoms with Crippen molar-refractivity contribution in [1.82, 2.24) is 9.88 Å². The van der Waals surface area contributed by atoms with E-state index in [9.17, 15) is 14.9 Å². The molecule has 0 aliphatic carbocycles. The van der Waals surface area contributed by atoms with Crippen molar-refractivity contribution in [3.05, 3.63) is 63.0 Å². The highest BCUT2D eigenvalue weighted by Gasteiger charge is 2.25. The molecule has 1 aliphatic heterocycles. The number of non-ortho nitro benzene ring substituents is 1. The molecule has 2 aromatic heterocycles. The fraction of sp³-hybridized carbons (Fsp3) is 0.304. The lowest BCUT2D eigenvalue weighted by atomic mass is 10.2. The number of aryl methyl sites for hydroxylation is 1. The summed E-state index contributed by atoms with van der Waals surface area (Å²) in [7, 11) is 0. The highest BCUT2D eigenvalue weighted by molar-refractivity contribution is 7.23. The Bertz CT molecular complexity index is 1340. The van der Waals surface area contributed by atoms with Gasteiger partial charge in [0.05, 0.1) is 33.2 Å². The number of rotatable bonds is 6. The molecule has 0 spiro atoms. The maximum Gasteiger partial charge on any atom is 0.270 e. The zero-order chi connectivity index (χ0) is 22.9. The molecule has 1 aliphatic rings. The Morgan fingerprint density at radius 1 is 1.18 bits per heavy atom. The summed E-state index contributed by atoms with van der Waals surface area (Å²) in [5.41, 5.74) is 2.00. The van der Waals surface area contributed by atoms with Gasteiger partial charge in [0.2, 0.25) is 0 Å². The fourth-order valence-corrected chi connectivity index (χ4v) is 5.98. The second-order valence-corrected chi connectivity index (χ2v) is 10.0. The molecule has 0 bridgehead atoms. The fourth-order valence-electron chi connectivity index (χ4n) is 3.92. The Kier molecular flexibility index (Phi) is 6.07. The molecular weight excluding hydrogens is 460 g/mol. The minimum atomic E-state index is -0.420. The lowest BCUT2D eigenvalue weighted by Gasteiger charge is -2.29. The van der Waals surface area contributed by atoms with E-state index in [1.807, 2.05) is 25.1 Å². The van der Waals surface area contributed by atoms with Gasteiger partial charge in [0.15, 0.2) is 5.13 Å². The standard InChI is InChI=1S/C23H22N4O4S2/c1-15-3-2-4-19-21(15)24-23(33-19)26(8-7-25-9-11-31-12-10-25)22(28)20-14-16-13-17(27(29)30)5-6-18(16)32-20/h2-6,13-14H,7-12H2,1H3. The van der Waals surface area contributed by atoms with Gasteiger partial charge in [-0.1, -0.05) is 23.5 Å². The largest absolute Gasteiger partial charge is 0.379 e. The molecule has 1 fully saturated rings. The summed E-state index contributed by atoms with van der Waals surface area (Å²) < 4.78 is 7.33. The Labute approximate surface area is 198 Å². The maximum absolute atomic E-state index is 13.7. The number of nitro groups is 1. The number of nitrogens with zero attached hydrogens (tertiary/aromatic N) is 4. The summed E-state index contributed by atoms with van der Waals surface area (Å²) in [4.78, 5) is 33.8. The lowest BCUT2D eigenvalue weighted by molar-refractivity contribution is -0.384. The summed E-state index contributed by atoms with van der Waals surface area (Å²) in [5.74, 6) is -0.135. The zero-order valence-electron chi connectivity index (χ0n) is 18.0. The van der Waals surface area contributed by atoms with Gasteiger partial charge in [-0.3, -0.25) is 24.7 Å². The normalized spacial score (nSPS) is 14.7. The molecule has 1 saturated heterocycles. The Hall–Kier alpha value is -2.92. The molecule has 10 heteroatoms. The van der Waals surface area contributed by atoms with E-state index in [1.165, 1.54) is 34.8 Å². The van der Waals surface area contributed by atoms with Gasteiger partial charge in [0, 0.05) is 48.4 Å². The van der Waals surface area contributed by atoms with Crippen molar-refractivity contribution >= 4 is 59.7 Å². The second kappa shape index (κ2) is 9.14. The molecule has 3 heterocycles. The van der Waals surface area contributed by atoms with Crippen LogP contribution in [0.3, 0.4) is 0 Å². The molecule has 33 heavy (non-hydrogen) atoms. The Morgan fingerprint density at radius 3 is 2.76 bits per heavy atom. The number of benzene rings is 2. The number of amides is 1. The summed E-state index contributed by atoms with van der Waals surface area (Å²) in [6, 6.07) is 12.5. The molecule has 0 N–H and O–H groups in total. The number of anilines is 1. The molecule has 0 atom stereocenters. The van der Waals surface area contributed by atoms with Crippen LogP contribution in [0.2, 0.25) is 0 Å². The molecule has 2 aromatic carbocycles. The van der Waals surface area contributed by atoms with E-state index < -0.39 is 4.92 Å². The highest BCUT2D eigenvalue weighted by atomic mass is 32.1. The third-order valence-corrected chi connectivity index (χ3v) is 7.90. The van der Waals surface area contributed by atoms with Gasteiger partial charge in [0.25, 0.3) is 11.6 Å². The third kappa shape index (κ3) is 4.47. The van der Waals surface area contributed by atoms with Gasteiger partial charge < -0.3 is 4.74 Å². The number of hydrogen-bond donors (Lipinski definition) is 0. The molecule has 0 radical (unpaired) electrons. The van der Waals surface area contributed by atoms with Gasteiger partial charge in [-0.15, -0.1) is 11.3 Å². The molecule has 8 nitrogen and oxygen atoms in total. The second-order valence-electron chi connectivity index (χ2n) is 7.92. The topological polar surface area (TPSA) is 88.8 Å². The smallest absolute Gasteiger partial charge is 0.270 e. The number of ether oxygens (including phenoxy) is 1. The number of para-hydroxylation sites is 1. The predicted molar refractivity (Wildman–Crippen MR) is 132 cm³/mol. The van der Waals surface area contributed by atoms with Crippen LogP contribution >= 0.6 is 22.7 Å². The van der Waals surface area contributed by atoms with Crippen LogP contribution in [-0.4, -0.2) is 60.1 Å². The molecule has 0 saturated carbocycles. The van der Waals surface area contributed by atoms with E-state index in [1.54, 1.807) is 17.0 Å². The number of fused-ring (bicyclic) bond motifs is 2. The first kappa shape index (κ1) is 21.9. The number of aromatic nitrogens is 1. The van der Waals surface area contributed by atoms with Gasteiger partial charge in [0.1, 0.15) is 0 Å². The van der Waals surface area contributed by atoms with Crippen LogP contribution in [0, 0.1) is 17.0 Å². The van der Waals surface area contributed by atoms with Crippen molar-refractivity contribution in [2.45, 2.75) is 6.92 Å². The van der Waals surface area contributed by atoms with Gasteiger partial charge >= 0.3 is 0 Å². The number of carbonyl (C=O) groups is 1. The van der Waals surface area contributed by atoms with E-state index in [0.717, 1.165) is 40.1 Å². The van der Waals surface area contributed by atoms with Crippen LogP contribution < -0.4 is 4.90 Å². The number of thiazole rings is 1. The summed E-state index contributed by atoms with van der Waals surface area (Å²) >= 11 is 2.86. The average molecular weight is 483 g/mol. The zero-order valence-corrected chi connectivity index (χ0v) is 19.7. The van der Waals surface area contributed by atoms with Crippen LogP contribution in [0.1, 0.15) is 15.2 Å². The summed E-state index contributed by atoms with van der Waals surface area (Å²) in [6.07, 6.45) is 0. The van der Waals surface area contributed by atoms with Gasteiger partial charge in [-0.05, 0) is 30.7 Å². The van der Waals surface area contributed by atoms with Crippen LogP contribution in [0.5, 0.6) is 0 Å². The highest BCUT2D eigenvalue weighted by Crippen LogP contribution is 2.34. The van der Waals surface area contributed by atoms with Crippen molar-refractivity contribution in [3.8, 4) is 0 Å². The van der Waals surface area contributed by atoms with Gasteiger partial charge in [-0.25, -0.2) is 4.98 Å². The molecule has 1 amide bonds. The monoisotopic (exact) mass is 482 g/mol. The van der Waals surface area contributed by atoms with E-state index in [4.69, 9.17) is 9.72 Å². The van der Waals surface area contributed by atoms with Crippen molar-refractivity contribution in [1.29, 1.82) is 0 Å². The lowest BCUT2D eigenvalue weighted by Crippen LogP contribution is -2.43. The van der Waals surface area contributed by atoms with Crippen molar-refractivity contribution in [3.63, 3.8) is 0 Å². The van der Waals surface area contributed by atoms with Crippen LogP contribution in [0.25, 0.3) is 20.3 Å². The SMILES string of the molecule is Cc1cccc2sc(N(CCN3CCOCC3)C(=O)c3cc4cc([N+](=O)[O-])ccc4s3)nc12. The van der Waals surface area contributed by atoms with E-state index in [-0.39, 0.29) is 11.6 Å². The number of morpholine rings is 1. The minimum absolute atomic E-state index is 0.0186. The Morgan fingerprint density at radius 2 is 2.00 bits per heavy atom. The Balaban J connectivity index is 1.49. The summed E-state index contributed by atoms with van der Waals surface area (Å²) in [5, 5.41) is 12.5. The molecule has 5 rings (SSSR count). The number of thiophene rings is 1. The van der Waals surface area contributed by atoms with E-state index in [0.29, 0.717) is 35.2 Å². The van der Waals surface area contributed by atoms with Crippen molar-refractivity contribution in [2.24, 2.45) is 0 Å². The van der Waals surface area contributed by atoms with Crippen molar-refractivity contribution in [2.75, 3.05) is 44.3 Å². The molecule has 0 unspecified atom stereocenters. The predicted octanol–water partition coefficient (Wildman–Crippen LogP) is 4.71. The van der Waals surface area contributed by atoms with Gasteiger partial charge in [-0.2, -0.15) is 0 Å².